The summed E-state index contributed by atoms with van der Waals surface area (Å²) in [4.78, 5) is 16.3. The minimum Gasteiger partial charge on any atom is -0.351 e. The van der Waals surface area contributed by atoms with Gasteiger partial charge in [0.25, 0.3) is 5.91 Å². The van der Waals surface area contributed by atoms with Gasteiger partial charge in [-0.2, -0.15) is 0 Å². The molecule has 0 radical (unpaired) electrons. The molecule has 0 aliphatic carbocycles. The topological polar surface area (TPSA) is 58.4 Å². The standard InChI is InChI=1S/C20H21N3O2S/c1-14-11-18(25-22-14)20(24)21-12-17(15-5-3-2-4-6-15)23-9-7-19-16(13-23)8-10-26-19/h2-6,8,10-11,17H,7,9,12-13H2,1H3,(H,21,24)/t17-/m0/s1. The average molecular weight is 367 g/mol. The quantitative estimate of drug-likeness (QED) is 0.749. The van der Waals surface area contributed by atoms with Crippen LogP contribution in [0.4, 0.5) is 0 Å². The number of nitrogens with zero attached hydrogens (tertiary/aromatic N) is 2. The normalized spacial score (nSPS) is 15.4. The van der Waals surface area contributed by atoms with Crippen LogP contribution in [0.15, 0.2) is 52.4 Å². The van der Waals surface area contributed by atoms with Crippen molar-refractivity contribution in [3.8, 4) is 0 Å². The second-order valence-electron chi connectivity index (χ2n) is 6.56. The summed E-state index contributed by atoms with van der Waals surface area (Å²) in [5.41, 5.74) is 3.32. The van der Waals surface area contributed by atoms with Gasteiger partial charge in [0, 0.05) is 30.6 Å². The Morgan fingerprint density at radius 1 is 1.35 bits per heavy atom. The Balaban J connectivity index is 1.51. The first-order valence-corrected chi connectivity index (χ1v) is 9.64. The van der Waals surface area contributed by atoms with Crippen LogP contribution >= 0.6 is 11.3 Å². The summed E-state index contributed by atoms with van der Waals surface area (Å²) < 4.78 is 5.07. The van der Waals surface area contributed by atoms with Crippen LogP contribution < -0.4 is 5.32 Å². The molecule has 1 amide bonds. The van der Waals surface area contributed by atoms with Crippen LogP contribution in [0.1, 0.15) is 38.3 Å². The van der Waals surface area contributed by atoms with Crippen LogP contribution in [0.2, 0.25) is 0 Å². The fraction of sp³-hybridized carbons (Fsp3) is 0.300. The Hall–Kier alpha value is -2.44. The molecule has 6 heteroatoms. The van der Waals surface area contributed by atoms with E-state index >= 15 is 0 Å². The Labute approximate surface area is 156 Å². The number of carbonyl (C=O) groups is 1. The zero-order valence-electron chi connectivity index (χ0n) is 14.6. The van der Waals surface area contributed by atoms with Crippen molar-refractivity contribution in [2.45, 2.75) is 25.9 Å². The summed E-state index contributed by atoms with van der Waals surface area (Å²) in [6.45, 7) is 4.24. The highest BCUT2D eigenvalue weighted by molar-refractivity contribution is 7.10. The van der Waals surface area contributed by atoms with E-state index in [1.165, 1.54) is 16.0 Å². The zero-order chi connectivity index (χ0) is 17.9. The van der Waals surface area contributed by atoms with E-state index < -0.39 is 0 Å². The molecule has 3 aromatic rings. The van der Waals surface area contributed by atoms with Crippen LogP contribution in [0.3, 0.4) is 0 Å². The molecule has 0 saturated heterocycles. The zero-order valence-corrected chi connectivity index (χ0v) is 15.5. The maximum atomic E-state index is 12.4. The first-order chi connectivity index (χ1) is 12.7. The van der Waals surface area contributed by atoms with Gasteiger partial charge in [-0.1, -0.05) is 35.5 Å². The van der Waals surface area contributed by atoms with Crippen molar-refractivity contribution < 1.29 is 9.32 Å². The number of aryl methyl sites for hydroxylation is 1. The lowest BCUT2D eigenvalue weighted by molar-refractivity contribution is 0.0891. The number of carbonyl (C=O) groups excluding carboxylic acids is 1. The minimum absolute atomic E-state index is 0.122. The summed E-state index contributed by atoms with van der Waals surface area (Å²) in [7, 11) is 0. The lowest BCUT2D eigenvalue weighted by Gasteiger charge is -2.35. The highest BCUT2D eigenvalue weighted by atomic mass is 32.1. The number of rotatable bonds is 5. The summed E-state index contributed by atoms with van der Waals surface area (Å²) in [5, 5.41) is 8.97. The number of benzene rings is 1. The largest absolute Gasteiger partial charge is 0.351 e. The fourth-order valence-corrected chi connectivity index (χ4v) is 4.31. The lowest BCUT2D eigenvalue weighted by atomic mass is 10.0. The molecule has 1 aliphatic heterocycles. The molecule has 1 aromatic carbocycles. The molecule has 0 bridgehead atoms. The molecule has 1 aliphatic rings. The number of aromatic nitrogens is 1. The molecule has 134 valence electrons. The van der Waals surface area contributed by atoms with Crippen LogP contribution in [0.25, 0.3) is 0 Å². The van der Waals surface area contributed by atoms with Gasteiger partial charge < -0.3 is 9.84 Å². The summed E-state index contributed by atoms with van der Waals surface area (Å²) >= 11 is 1.84. The molecule has 0 unspecified atom stereocenters. The number of amides is 1. The smallest absolute Gasteiger partial charge is 0.289 e. The number of fused-ring (bicyclic) bond motifs is 1. The van der Waals surface area contributed by atoms with E-state index in [1.54, 1.807) is 13.0 Å². The van der Waals surface area contributed by atoms with Crippen molar-refractivity contribution in [1.29, 1.82) is 0 Å². The maximum absolute atomic E-state index is 12.4. The summed E-state index contributed by atoms with van der Waals surface area (Å²) in [5.74, 6) is 0.0350. The second-order valence-corrected chi connectivity index (χ2v) is 7.56. The first kappa shape index (κ1) is 17.0. The predicted octanol–water partition coefficient (Wildman–Crippen LogP) is 3.57. The second kappa shape index (κ2) is 7.43. The van der Waals surface area contributed by atoms with Crippen molar-refractivity contribution in [2.75, 3.05) is 13.1 Å². The van der Waals surface area contributed by atoms with Gasteiger partial charge in [0.2, 0.25) is 5.76 Å². The molecule has 1 N–H and O–H groups in total. The van der Waals surface area contributed by atoms with Crippen LogP contribution in [0, 0.1) is 6.92 Å². The third kappa shape index (κ3) is 3.57. The van der Waals surface area contributed by atoms with Crippen LogP contribution in [-0.4, -0.2) is 29.1 Å². The molecule has 0 saturated carbocycles. The highest BCUT2D eigenvalue weighted by Crippen LogP contribution is 2.30. The number of hydrogen-bond donors (Lipinski definition) is 1. The lowest BCUT2D eigenvalue weighted by Crippen LogP contribution is -2.40. The van der Waals surface area contributed by atoms with Crippen LogP contribution in [0.5, 0.6) is 0 Å². The van der Waals surface area contributed by atoms with Gasteiger partial charge in [0.1, 0.15) is 0 Å². The number of nitrogens with one attached hydrogen (secondary N) is 1. The van der Waals surface area contributed by atoms with Gasteiger partial charge in [-0.05, 0) is 35.9 Å². The molecule has 2 aromatic heterocycles. The molecule has 26 heavy (non-hydrogen) atoms. The maximum Gasteiger partial charge on any atom is 0.289 e. The Bertz CT molecular complexity index is 887. The summed E-state index contributed by atoms with van der Waals surface area (Å²) in [6, 6.07) is 14.3. The van der Waals surface area contributed by atoms with Crippen molar-refractivity contribution in [1.82, 2.24) is 15.4 Å². The number of hydrogen-bond acceptors (Lipinski definition) is 5. The number of thiophene rings is 1. The van der Waals surface area contributed by atoms with Crippen molar-refractivity contribution >= 4 is 17.2 Å². The Morgan fingerprint density at radius 2 is 2.19 bits per heavy atom. The van der Waals surface area contributed by atoms with Gasteiger partial charge in [0.15, 0.2) is 0 Å². The van der Waals surface area contributed by atoms with Crippen molar-refractivity contribution in [3.05, 3.63) is 75.3 Å². The molecule has 1 atom stereocenters. The molecule has 0 fully saturated rings. The third-order valence-corrected chi connectivity index (χ3v) is 5.79. The highest BCUT2D eigenvalue weighted by Gasteiger charge is 2.26. The Kier molecular flexibility index (Phi) is 4.86. The Morgan fingerprint density at radius 3 is 2.96 bits per heavy atom. The van der Waals surface area contributed by atoms with Gasteiger partial charge in [-0.15, -0.1) is 11.3 Å². The van der Waals surface area contributed by atoms with E-state index in [2.05, 4.69) is 39.0 Å². The predicted molar refractivity (Wildman–Crippen MR) is 101 cm³/mol. The SMILES string of the molecule is Cc1cc(C(=O)NC[C@@H](c2ccccc2)N2CCc3sccc3C2)on1. The molecular formula is C20H21N3O2S. The fourth-order valence-electron chi connectivity index (χ4n) is 3.42. The van der Waals surface area contributed by atoms with E-state index in [0.29, 0.717) is 12.2 Å². The van der Waals surface area contributed by atoms with Gasteiger partial charge in [-0.3, -0.25) is 9.69 Å². The molecule has 5 nitrogen and oxygen atoms in total. The van der Waals surface area contributed by atoms with Crippen LogP contribution in [-0.2, 0) is 13.0 Å². The average Bonchev–Trinajstić information content (AvgIpc) is 3.31. The molecular weight excluding hydrogens is 346 g/mol. The monoisotopic (exact) mass is 367 g/mol. The van der Waals surface area contributed by atoms with E-state index in [4.69, 9.17) is 4.52 Å². The van der Waals surface area contributed by atoms with Gasteiger partial charge in [-0.25, -0.2) is 0 Å². The summed E-state index contributed by atoms with van der Waals surface area (Å²) in [6.07, 6.45) is 1.06. The van der Waals surface area contributed by atoms with E-state index in [9.17, 15) is 4.79 Å². The molecule has 0 spiro atoms. The van der Waals surface area contributed by atoms with Gasteiger partial charge in [0.05, 0.1) is 11.7 Å². The first-order valence-electron chi connectivity index (χ1n) is 8.76. The molecule has 3 heterocycles. The minimum atomic E-state index is -0.222. The van der Waals surface area contributed by atoms with E-state index in [0.717, 1.165) is 19.5 Å². The van der Waals surface area contributed by atoms with E-state index in [-0.39, 0.29) is 17.7 Å². The van der Waals surface area contributed by atoms with E-state index in [1.807, 2.05) is 29.5 Å². The van der Waals surface area contributed by atoms with Crippen molar-refractivity contribution in [3.63, 3.8) is 0 Å². The van der Waals surface area contributed by atoms with Crippen molar-refractivity contribution in [2.24, 2.45) is 0 Å². The molecule has 4 rings (SSSR count). The van der Waals surface area contributed by atoms with Gasteiger partial charge >= 0.3 is 0 Å². The third-order valence-electron chi connectivity index (χ3n) is 4.77.